The smallest absolute Gasteiger partial charge is 0.269 e. The van der Waals surface area contributed by atoms with Crippen LogP contribution in [0.3, 0.4) is 0 Å². The van der Waals surface area contributed by atoms with E-state index in [9.17, 15) is 10.1 Å². The maximum Gasteiger partial charge on any atom is 0.269 e. The highest BCUT2D eigenvalue weighted by Crippen LogP contribution is 2.31. The Labute approximate surface area is 245 Å². The van der Waals surface area contributed by atoms with Crippen molar-refractivity contribution >= 4 is 46.1 Å². The fourth-order valence-corrected chi connectivity index (χ4v) is 5.04. The number of hydrogen-bond acceptors (Lipinski definition) is 8. The third-order valence-electron chi connectivity index (χ3n) is 5.99. The molecule has 0 spiro atoms. The number of hydrogen-bond donors (Lipinski definition) is 3. The molecule has 0 aliphatic heterocycles. The first-order valence-electron chi connectivity index (χ1n) is 12.4. The highest BCUT2D eigenvalue weighted by atomic mass is 32.1. The third-order valence-corrected chi connectivity index (χ3v) is 7.36. The van der Waals surface area contributed by atoms with Crippen molar-refractivity contribution in [3.63, 3.8) is 0 Å². The molecular weight excluding hydrogens is 557 g/mol. The molecule has 0 amide bonds. The summed E-state index contributed by atoms with van der Waals surface area (Å²) in [5, 5.41) is 21.2. The Hall–Kier alpha value is -5.04. The van der Waals surface area contributed by atoms with Crippen molar-refractivity contribution in [2.45, 2.75) is 6.92 Å². The van der Waals surface area contributed by atoms with Gasteiger partial charge in [0.25, 0.3) is 5.69 Å². The number of rotatable bonds is 8. The van der Waals surface area contributed by atoms with Gasteiger partial charge in [-0.05, 0) is 49.0 Å². The molecule has 2 aromatic heterocycles. The number of thiocarbonyl (C=S) groups is 1. The molecule has 0 radical (unpaired) electrons. The van der Waals surface area contributed by atoms with Crippen molar-refractivity contribution in [2.24, 2.45) is 10.9 Å². The van der Waals surface area contributed by atoms with Crippen molar-refractivity contribution < 1.29 is 4.92 Å². The topological polar surface area (TPSA) is 136 Å². The van der Waals surface area contributed by atoms with Crippen LogP contribution in [-0.2, 0) is 0 Å². The Morgan fingerprint density at radius 1 is 1.05 bits per heavy atom. The van der Waals surface area contributed by atoms with Crippen molar-refractivity contribution in [1.29, 1.82) is 0 Å². The fourth-order valence-electron chi connectivity index (χ4n) is 3.99. The Morgan fingerprint density at radius 2 is 1.71 bits per heavy atom. The summed E-state index contributed by atoms with van der Waals surface area (Å²) in [6.45, 7) is 1.90. The molecular formula is C29H24N8O2S2. The second-order valence-electron chi connectivity index (χ2n) is 8.73. The fraction of sp³-hybridized carbons (Fsp3) is 0.0345. The second kappa shape index (κ2) is 12.4. The number of nitrogens with two attached hydrogens (primary N) is 1. The molecule has 12 heteroatoms. The molecule has 0 aliphatic rings. The third kappa shape index (κ3) is 6.41. The zero-order chi connectivity index (χ0) is 28.8. The summed E-state index contributed by atoms with van der Waals surface area (Å²) < 4.78 is 1.84. The van der Waals surface area contributed by atoms with Gasteiger partial charge in [-0.25, -0.2) is 15.5 Å². The second-order valence-corrected chi connectivity index (χ2v) is 10.1. The van der Waals surface area contributed by atoms with Gasteiger partial charge in [0.05, 0.1) is 26.9 Å². The first-order chi connectivity index (χ1) is 19.9. The van der Waals surface area contributed by atoms with Gasteiger partial charge in [0.15, 0.2) is 0 Å². The Morgan fingerprint density at radius 3 is 2.34 bits per heavy atom. The Bertz CT molecular complexity index is 1740. The molecule has 0 aliphatic carbocycles. The number of hydrazine groups is 1. The molecule has 204 valence electrons. The lowest BCUT2D eigenvalue weighted by atomic mass is 10.1. The van der Waals surface area contributed by atoms with Gasteiger partial charge in [0, 0.05) is 23.3 Å². The molecule has 0 unspecified atom stereocenters. The monoisotopic (exact) mass is 580 g/mol. The number of thiazole rings is 1. The van der Waals surface area contributed by atoms with E-state index in [-0.39, 0.29) is 10.8 Å². The highest BCUT2D eigenvalue weighted by molar-refractivity contribution is 7.80. The van der Waals surface area contributed by atoms with Gasteiger partial charge < -0.3 is 0 Å². The standard InChI is InChI=1S/C29H24N8O2S2/c1-19-27(24(33-34-28(40)32-30)17-14-20-12-15-23(16-13-20)37(38)39)41-29(31-19)36-26(22-10-6-3-7-11-22)18-25(35-36)21-8-4-2-5-9-21/h2-18H,30H2,1H3,(H2,32,34,40)/b17-14+,33-24+. The van der Waals surface area contributed by atoms with E-state index in [1.165, 1.54) is 23.5 Å². The molecule has 0 bridgehead atoms. The van der Waals surface area contributed by atoms with E-state index in [2.05, 4.69) is 22.0 Å². The lowest BCUT2D eigenvalue weighted by molar-refractivity contribution is -0.384. The van der Waals surface area contributed by atoms with Crippen LogP contribution >= 0.6 is 23.6 Å². The van der Waals surface area contributed by atoms with E-state index in [0.29, 0.717) is 10.8 Å². The molecule has 4 N–H and O–H groups in total. The van der Waals surface area contributed by atoms with E-state index in [4.69, 9.17) is 28.1 Å². The van der Waals surface area contributed by atoms with Gasteiger partial charge in [-0.3, -0.25) is 21.0 Å². The van der Waals surface area contributed by atoms with Crippen LogP contribution in [0, 0.1) is 17.0 Å². The molecule has 3 aromatic carbocycles. The SMILES string of the molecule is Cc1nc(-n2nc(-c3ccccc3)cc2-c2ccccc2)sc1C(/C=C/c1ccc([N+](=O)[O-])cc1)=N/NC(=S)NN. The summed E-state index contributed by atoms with van der Waals surface area (Å²) in [7, 11) is 0. The van der Waals surface area contributed by atoms with Gasteiger partial charge >= 0.3 is 0 Å². The molecule has 0 atom stereocenters. The maximum absolute atomic E-state index is 11.0. The first-order valence-corrected chi connectivity index (χ1v) is 13.6. The van der Waals surface area contributed by atoms with Gasteiger partial charge in [-0.1, -0.05) is 78.1 Å². The lowest BCUT2D eigenvalue weighted by Gasteiger charge is -2.04. The molecule has 2 heterocycles. The predicted octanol–water partition coefficient (Wildman–Crippen LogP) is 5.63. The molecule has 0 saturated heterocycles. The van der Waals surface area contributed by atoms with Gasteiger partial charge in [0.2, 0.25) is 10.2 Å². The van der Waals surface area contributed by atoms with Crippen LogP contribution in [0.2, 0.25) is 0 Å². The number of nitro groups is 1. The number of aromatic nitrogens is 3. The van der Waals surface area contributed by atoms with Crippen molar-refractivity contribution in [2.75, 3.05) is 0 Å². The van der Waals surface area contributed by atoms with Crippen LogP contribution in [0.15, 0.2) is 102 Å². The quantitative estimate of drug-likeness (QED) is 0.0706. The summed E-state index contributed by atoms with van der Waals surface area (Å²) >= 11 is 6.53. The largest absolute Gasteiger partial charge is 0.300 e. The predicted molar refractivity (Wildman–Crippen MR) is 167 cm³/mol. The number of allylic oxidation sites excluding steroid dienone is 1. The Kier molecular flexibility index (Phi) is 8.34. The molecule has 0 fully saturated rings. The molecule has 5 rings (SSSR count). The molecule has 5 aromatic rings. The van der Waals surface area contributed by atoms with E-state index < -0.39 is 4.92 Å². The zero-order valence-corrected chi connectivity index (χ0v) is 23.4. The summed E-state index contributed by atoms with van der Waals surface area (Å²) in [5.41, 5.74) is 10.9. The number of benzene rings is 3. The first kappa shape index (κ1) is 27.5. The van der Waals surface area contributed by atoms with Crippen molar-refractivity contribution in [1.82, 2.24) is 25.6 Å². The maximum atomic E-state index is 11.0. The van der Waals surface area contributed by atoms with Crippen LogP contribution in [0.5, 0.6) is 0 Å². The number of non-ortho nitro benzene ring substituents is 1. The van der Waals surface area contributed by atoms with E-state index >= 15 is 0 Å². The van der Waals surface area contributed by atoms with Crippen LogP contribution in [0.1, 0.15) is 16.1 Å². The average molecular weight is 581 g/mol. The van der Waals surface area contributed by atoms with Crippen LogP contribution in [0.25, 0.3) is 33.7 Å². The minimum absolute atomic E-state index is 0.0170. The van der Waals surface area contributed by atoms with Crippen LogP contribution in [0.4, 0.5) is 5.69 Å². The van der Waals surface area contributed by atoms with Gasteiger partial charge in [0.1, 0.15) is 5.71 Å². The number of hydrazone groups is 1. The highest BCUT2D eigenvalue weighted by Gasteiger charge is 2.19. The molecule has 10 nitrogen and oxygen atoms in total. The summed E-state index contributed by atoms with van der Waals surface area (Å²) in [4.78, 5) is 16.2. The van der Waals surface area contributed by atoms with Crippen molar-refractivity contribution in [3.8, 4) is 27.6 Å². The molecule has 0 saturated carbocycles. The zero-order valence-electron chi connectivity index (χ0n) is 21.8. The summed E-state index contributed by atoms with van der Waals surface area (Å²) in [6, 6.07) is 28.3. The van der Waals surface area contributed by atoms with E-state index in [0.717, 1.165) is 38.6 Å². The van der Waals surface area contributed by atoms with Crippen LogP contribution < -0.4 is 16.7 Å². The van der Waals surface area contributed by atoms with Crippen LogP contribution in [-0.4, -0.2) is 30.5 Å². The normalized spacial score (nSPS) is 11.5. The molecule has 41 heavy (non-hydrogen) atoms. The van der Waals surface area contributed by atoms with Gasteiger partial charge in [-0.2, -0.15) is 10.2 Å². The Balaban J connectivity index is 1.56. The number of nitrogens with one attached hydrogen (secondary N) is 2. The number of nitro benzene ring substituents is 1. The number of nitrogens with zero attached hydrogens (tertiary/aromatic N) is 5. The summed E-state index contributed by atoms with van der Waals surface area (Å²) in [5.74, 6) is 5.42. The van der Waals surface area contributed by atoms with E-state index in [1.54, 1.807) is 24.3 Å². The van der Waals surface area contributed by atoms with E-state index in [1.807, 2.05) is 72.3 Å². The minimum atomic E-state index is -0.435. The minimum Gasteiger partial charge on any atom is -0.300 e. The number of aryl methyl sites for hydroxylation is 1. The average Bonchev–Trinajstić information content (AvgIpc) is 3.62. The van der Waals surface area contributed by atoms with Gasteiger partial charge in [-0.15, -0.1) is 0 Å². The lowest BCUT2D eigenvalue weighted by Crippen LogP contribution is -2.37. The van der Waals surface area contributed by atoms with Crippen molar-refractivity contribution in [3.05, 3.63) is 123 Å². The summed E-state index contributed by atoms with van der Waals surface area (Å²) in [6.07, 6.45) is 3.59.